The molecule has 0 aromatic carbocycles. The molecular formula is C6H6N4OS. The summed E-state index contributed by atoms with van der Waals surface area (Å²) < 4.78 is 3.65. The number of aromatic amines is 1. The van der Waals surface area contributed by atoms with E-state index in [0.29, 0.717) is 22.6 Å². The number of fused-ring (bicyclic) bond motifs is 1. The molecule has 12 heavy (non-hydrogen) atoms. The van der Waals surface area contributed by atoms with Gasteiger partial charge in [-0.25, -0.2) is 4.98 Å². The number of nitrogens with zero attached hydrogens (tertiary/aromatic N) is 3. The highest BCUT2D eigenvalue weighted by Gasteiger charge is 2.05. The molecule has 2 aromatic heterocycles. The van der Waals surface area contributed by atoms with Gasteiger partial charge in [-0.1, -0.05) is 11.4 Å². The molecule has 2 aromatic rings. The van der Waals surface area contributed by atoms with E-state index in [1.807, 2.05) is 6.92 Å². The molecule has 0 saturated carbocycles. The van der Waals surface area contributed by atoms with Gasteiger partial charge in [-0.3, -0.25) is 4.79 Å². The standard InChI is InChI=1S/C6H6N4OS/c1-2-3-7-5(11)4-6(8-3)12-10-9-4/h2H2,1H3,(H,7,8,11). The molecule has 0 aliphatic heterocycles. The summed E-state index contributed by atoms with van der Waals surface area (Å²) >= 11 is 1.14. The zero-order valence-corrected chi connectivity index (χ0v) is 7.18. The SMILES string of the molecule is CCc1nc2snnc2c(=O)[nH]1. The van der Waals surface area contributed by atoms with Crippen LogP contribution in [0.25, 0.3) is 10.3 Å². The maximum Gasteiger partial charge on any atom is 0.280 e. The van der Waals surface area contributed by atoms with Crippen LogP contribution in [-0.2, 0) is 6.42 Å². The number of rotatable bonds is 1. The van der Waals surface area contributed by atoms with Crippen LogP contribution in [0.5, 0.6) is 0 Å². The average Bonchev–Trinajstić information content (AvgIpc) is 2.52. The average molecular weight is 182 g/mol. The fourth-order valence-corrected chi connectivity index (χ4v) is 1.48. The van der Waals surface area contributed by atoms with Crippen molar-refractivity contribution in [3.8, 4) is 0 Å². The third kappa shape index (κ3) is 1.00. The highest BCUT2D eigenvalue weighted by Crippen LogP contribution is 2.06. The molecule has 0 saturated heterocycles. The fourth-order valence-electron chi connectivity index (χ4n) is 0.910. The van der Waals surface area contributed by atoms with Crippen molar-refractivity contribution < 1.29 is 0 Å². The van der Waals surface area contributed by atoms with E-state index in [2.05, 4.69) is 19.6 Å². The Bertz CT molecular complexity index is 460. The van der Waals surface area contributed by atoms with Crippen LogP contribution in [0.4, 0.5) is 0 Å². The van der Waals surface area contributed by atoms with E-state index in [9.17, 15) is 4.79 Å². The van der Waals surface area contributed by atoms with Gasteiger partial charge in [0.05, 0.1) is 0 Å². The van der Waals surface area contributed by atoms with E-state index in [1.165, 1.54) is 0 Å². The molecule has 0 spiro atoms. The first-order valence-corrected chi connectivity index (χ1v) is 4.30. The highest BCUT2D eigenvalue weighted by atomic mass is 32.1. The van der Waals surface area contributed by atoms with Crippen molar-refractivity contribution in [1.29, 1.82) is 0 Å². The Morgan fingerprint density at radius 1 is 1.58 bits per heavy atom. The van der Waals surface area contributed by atoms with Crippen molar-refractivity contribution in [2.24, 2.45) is 0 Å². The summed E-state index contributed by atoms with van der Waals surface area (Å²) in [4.78, 5) is 18.6. The molecule has 1 N–H and O–H groups in total. The predicted octanol–water partition coefficient (Wildman–Crippen LogP) is 0.337. The number of aromatic nitrogens is 4. The van der Waals surface area contributed by atoms with Crippen LogP contribution in [0.2, 0.25) is 0 Å². The minimum Gasteiger partial charge on any atom is -0.309 e. The molecule has 0 atom stereocenters. The summed E-state index contributed by atoms with van der Waals surface area (Å²) in [5, 5.41) is 3.66. The van der Waals surface area contributed by atoms with Gasteiger partial charge in [0.2, 0.25) is 0 Å². The van der Waals surface area contributed by atoms with Gasteiger partial charge in [-0.2, -0.15) is 0 Å². The molecule has 62 valence electrons. The Hall–Kier alpha value is -1.30. The lowest BCUT2D eigenvalue weighted by Crippen LogP contribution is -2.10. The van der Waals surface area contributed by atoms with Crippen molar-refractivity contribution in [3.63, 3.8) is 0 Å². The lowest BCUT2D eigenvalue weighted by Gasteiger charge is -1.92. The maximum absolute atomic E-state index is 11.2. The second-order valence-electron chi connectivity index (χ2n) is 2.29. The van der Waals surface area contributed by atoms with Crippen molar-refractivity contribution in [2.45, 2.75) is 13.3 Å². The summed E-state index contributed by atoms with van der Waals surface area (Å²) in [5.74, 6) is 0.679. The summed E-state index contributed by atoms with van der Waals surface area (Å²) in [5.41, 5.74) is 0.128. The third-order valence-electron chi connectivity index (χ3n) is 1.51. The lowest BCUT2D eigenvalue weighted by molar-refractivity contribution is 0.943. The molecule has 0 bridgehead atoms. The van der Waals surface area contributed by atoms with Gasteiger partial charge < -0.3 is 4.98 Å². The van der Waals surface area contributed by atoms with Crippen molar-refractivity contribution in [2.75, 3.05) is 0 Å². The van der Waals surface area contributed by atoms with Crippen LogP contribution in [0, 0.1) is 0 Å². The zero-order chi connectivity index (χ0) is 8.55. The van der Waals surface area contributed by atoms with Crippen LogP contribution in [0.3, 0.4) is 0 Å². The van der Waals surface area contributed by atoms with E-state index in [1.54, 1.807) is 0 Å². The van der Waals surface area contributed by atoms with Crippen molar-refractivity contribution in [1.82, 2.24) is 19.6 Å². The number of hydrogen-bond donors (Lipinski definition) is 1. The topological polar surface area (TPSA) is 71.5 Å². The van der Waals surface area contributed by atoms with Gasteiger partial charge in [-0.05, 0) is 0 Å². The monoisotopic (exact) mass is 182 g/mol. The van der Waals surface area contributed by atoms with Crippen LogP contribution >= 0.6 is 11.5 Å². The lowest BCUT2D eigenvalue weighted by atomic mass is 10.4. The second-order valence-corrected chi connectivity index (χ2v) is 3.03. The molecule has 2 heterocycles. The Balaban J connectivity index is 2.84. The van der Waals surface area contributed by atoms with E-state index < -0.39 is 0 Å². The molecule has 0 amide bonds. The highest BCUT2D eigenvalue weighted by molar-refractivity contribution is 7.12. The molecule has 0 aliphatic rings. The van der Waals surface area contributed by atoms with Crippen molar-refractivity contribution in [3.05, 3.63) is 16.2 Å². The molecule has 0 fully saturated rings. The first-order valence-electron chi connectivity index (χ1n) is 3.52. The first-order chi connectivity index (χ1) is 5.81. The molecule has 2 rings (SSSR count). The van der Waals surface area contributed by atoms with Crippen LogP contribution in [-0.4, -0.2) is 19.6 Å². The van der Waals surface area contributed by atoms with Gasteiger partial charge in [0.25, 0.3) is 5.56 Å². The molecule has 5 nitrogen and oxygen atoms in total. The summed E-state index contributed by atoms with van der Waals surface area (Å²) in [7, 11) is 0. The minimum absolute atomic E-state index is 0.203. The Kier molecular flexibility index (Phi) is 1.61. The molecule has 0 radical (unpaired) electrons. The summed E-state index contributed by atoms with van der Waals surface area (Å²) in [6.07, 6.45) is 0.711. The maximum atomic E-state index is 11.2. The zero-order valence-electron chi connectivity index (χ0n) is 6.37. The molecule has 0 aliphatic carbocycles. The van der Waals surface area contributed by atoms with Gasteiger partial charge in [-0.15, -0.1) is 5.10 Å². The van der Waals surface area contributed by atoms with Crippen LogP contribution in [0.1, 0.15) is 12.7 Å². The first kappa shape index (κ1) is 7.35. The van der Waals surface area contributed by atoms with Gasteiger partial charge in [0, 0.05) is 18.0 Å². The Morgan fingerprint density at radius 2 is 2.42 bits per heavy atom. The normalized spacial score (nSPS) is 10.8. The van der Waals surface area contributed by atoms with E-state index in [-0.39, 0.29) is 5.56 Å². The van der Waals surface area contributed by atoms with E-state index in [0.717, 1.165) is 11.5 Å². The second kappa shape index (κ2) is 2.63. The summed E-state index contributed by atoms with van der Waals surface area (Å²) in [6.45, 7) is 1.93. The summed E-state index contributed by atoms with van der Waals surface area (Å²) in [6, 6.07) is 0. The van der Waals surface area contributed by atoms with Crippen molar-refractivity contribution >= 4 is 21.9 Å². The largest absolute Gasteiger partial charge is 0.309 e. The quantitative estimate of drug-likeness (QED) is 0.690. The molecular weight excluding hydrogens is 176 g/mol. The minimum atomic E-state index is -0.203. The third-order valence-corrected chi connectivity index (χ3v) is 2.14. The smallest absolute Gasteiger partial charge is 0.280 e. The Labute approximate surface area is 71.6 Å². The fraction of sp³-hybridized carbons (Fsp3) is 0.333. The number of H-pyrrole nitrogens is 1. The van der Waals surface area contributed by atoms with Crippen LogP contribution in [0.15, 0.2) is 4.79 Å². The predicted molar refractivity (Wildman–Crippen MR) is 45.2 cm³/mol. The van der Waals surface area contributed by atoms with E-state index in [4.69, 9.17) is 0 Å². The molecule has 0 unspecified atom stereocenters. The Morgan fingerprint density at radius 3 is 3.17 bits per heavy atom. The van der Waals surface area contributed by atoms with E-state index >= 15 is 0 Å². The number of aryl methyl sites for hydroxylation is 1. The van der Waals surface area contributed by atoms with Gasteiger partial charge in [0.1, 0.15) is 5.82 Å². The number of hydrogen-bond acceptors (Lipinski definition) is 5. The van der Waals surface area contributed by atoms with Crippen LogP contribution < -0.4 is 5.56 Å². The van der Waals surface area contributed by atoms with Gasteiger partial charge >= 0.3 is 0 Å². The van der Waals surface area contributed by atoms with Gasteiger partial charge in [0.15, 0.2) is 10.3 Å². The number of nitrogens with one attached hydrogen (secondary N) is 1. The molecule has 6 heteroatoms.